The van der Waals surface area contributed by atoms with Gasteiger partial charge in [-0.25, -0.2) is 0 Å². The Kier molecular flexibility index (Phi) is 24.8. The van der Waals surface area contributed by atoms with Gasteiger partial charge in [-0.15, -0.1) is 10.2 Å². The van der Waals surface area contributed by atoms with Crippen LogP contribution in [0, 0.1) is 13.8 Å². The molecule has 2 heterocycles. The Hall–Kier alpha value is -5.57. The van der Waals surface area contributed by atoms with Crippen molar-refractivity contribution >= 4 is 18.2 Å². The van der Waals surface area contributed by atoms with E-state index in [0.717, 1.165) is 11.4 Å². The molecule has 3 amide bonds. The highest BCUT2D eigenvalue weighted by molar-refractivity contribution is 5.77. The molecular formula is C37H57N11O9. The molecule has 0 aliphatic heterocycles. The lowest BCUT2D eigenvalue weighted by Gasteiger charge is -2.18. The number of carbonyl (C=O) groups is 3. The van der Waals surface area contributed by atoms with Crippen LogP contribution in [0.15, 0.2) is 48.5 Å². The number of ether oxygens (including phenoxy) is 6. The summed E-state index contributed by atoms with van der Waals surface area (Å²) in [6, 6.07) is 14.7. The summed E-state index contributed by atoms with van der Waals surface area (Å²) in [6.45, 7) is 14.9. The molecule has 0 bridgehead atoms. The highest BCUT2D eigenvalue weighted by atomic mass is 16.6. The quantitative estimate of drug-likeness (QED) is 0.0645. The van der Waals surface area contributed by atoms with Crippen LogP contribution in [0.1, 0.15) is 39.3 Å². The molecule has 0 aliphatic carbocycles. The van der Waals surface area contributed by atoms with Crippen LogP contribution < -0.4 is 20.1 Å². The second kappa shape index (κ2) is 29.7. The van der Waals surface area contributed by atoms with E-state index in [0.29, 0.717) is 69.2 Å². The lowest BCUT2D eigenvalue weighted by molar-refractivity contribution is -0.127. The maximum atomic E-state index is 12.0. The maximum Gasteiger partial charge on any atom is 0.246 e. The van der Waals surface area contributed by atoms with Gasteiger partial charge in [-0.2, -0.15) is 9.36 Å². The first kappa shape index (κ1) is 47.6. The first-order valence-corrected chi connectivity index (χ1v) is 18.9. The van der Waals surface area contributed by atoms with Gasteiger partial charge in [0.1, 0.15) is 37.9 Å². The van der Waals surface area contributed by atoms with Crippen LogP contribution in [0.25, 0.3) is 11.4 Å². The van der Waals surface area contributed by atoms with E-state index in [9.17, 15) is 14.4 Å². The molecule has 314 valence electrons. The highest BCUT2D eigenvalue weighted by Gasteiger charge is 2.08. The van der Waals surface area contributed by atoms with Crippen LogP contribution in [0.5, 0.6) is 11.5 Å². The predicted molar refractivity (Wildman–Crippen MR) is 208 cm³/mol. The molecule has 2 N–H and O–H groups in total. The molecule has 20 nitrogen and oxygen atoms in total. The monoisotopic (exact) mass is 799 g/mol. The van der Waals surface area contributed by atoms with Crippen molar-refractivity contribution in [2.45, 2.75) is 41.5 Å². The van der Waals surface area contributed by atoms with Crippen molar-refractivity contribution in [1.82, 2.24) is 55.9 Å². The third-order valence-corrected chi connectivity index (χ3v) is 7.21. The summed E-state index contributed by atoms with van der Waals surface area (Å²) >= 11 is 0. The van der Waals surface area contributed by atoms with Gasteiger partial charge in [-0.1, -0.05) is 27.7 Å². The number of amides is 3. The second-order valence-electron chi connectivity index (χ2n) is 11.1. The minimum atomic E-state index is -0.315. The van der Waals surface area contributed by atoms with Gasteiger partial charge in [-0.05, 0) is 83.2 Å². The number of hydrogen-bond donors (Lipinski definition) is 2. The van der Waals surface area contributed by atoms with Crippen LogP contribution >= 0.6 is 0 Å². The zero-order chi connectivity index (χ0) is 41.5. The zero-order valence-electron chi connectivity index (χ0n) is 33.8. The van der Waals surface area contributed by atoms with Gasteiger partial charge in [0.05, 0.1) is 51.0 Å². The highest BCUT2D eigenvalue weighted by Crippen LogP contribution is 2.16. The average Bonchev–Trinajstić information content (AvgIpc) is 3.88. The number of aryl methyl sites for hydroxylation is 2. The summed E-state index contributed by atoms with van der Waals surface area (Å²) in [5.41, 5.74) is 1.66. The molecule has 0 aliphatic rings. The van der Waals surface area contributed by atoms with E-state index in [-0.39, 0.29) is 64.4 Å². The van der Waals surface area contributed by atoms with Crippen LogP contribution in [-0.2, 0) is 33.3 Å². The van der Waals surface area contributed by atoms with Crippen molar-refractivity contribution < 1.29 is 42.8 Å². The molecule has 0 radical (unpaired) electrons. The van der Waals surface area contributed by atoms with Gasteiger partial charge in [0.15, 0.2) is 11.6 Å². The van der Waals surface area contributed by atoms with E-state index in [4.69, 9.17) is 28.4 Å². The molecule has 2 aromatic carbocycles. The maximum absolute atomic E-state index is 12.0. The number of nitrogens with zero attached hydrogens (tertiary/aromatic N) is 9. The van der Waals surface area contributed by atoms with Gasteiger partial charge in [0.25, 0.3) is 0 Å². The van der Waals surface area contributed by atoms with Crippen LogP contribution in [0.2, 0.25) is 0 Å². The van der Waals surface area contributed by atoms with Crippen molar-refractivity contribution in [3.63, 3.8) is 0 Å². The Morgan fingerprint density at radius 2 is 0.965 bits per heavy atom. The topological polar surface area (TPSA) is 221 Å². The first-order valence-electron chi connectivity index (χ1n) is 18.9. The Labute approximate surface area is 333 Å². The summed E-state index contributed by atoms with van der Waals surface area (Å²) in [7, 11) is 0. The smallest absolute Gasteiger partial charge is 0.246 e. The van der Waals surface area contributed by atoms with Crippen molar-refractivity contribution in [3.8, 4) is 22.9 Å². The summed E-state index contributed by atoms with van der Waals surface area (Å²) in [5.74, 6) is 2.12. The molecule has 20 heteroatoms. The van der Waals surface area contributed by atoms with E-state index >= 15 is 0 Å². The summed E-state index contributed by atoms with van der Waals surface area (Å²) in [6.07, 6.45) is 0.659. The number of hydrogen-bond acceptors (Lipinski definition) is 15. The Morgan fingerprint density at radius 1 is 0.596 bits per heavy atom. The fraction of sp³-hybridized carbons (Fsp3) is 0.541. The average molecular weight is 800 g/mol. The molecule has 0 fully saturated rings. The molecule has 0 atom stereocenters. The Bertz CT molecular complexity index is 1540. The minimum absolute atomic E-state index is 0.137. The van der Waals surface area contributed by atoms with Gasteiger partial charge in [-0.3, -0.25) is 14.4 Å². The number of carbonyl (C=O) groups excluding carboxylic acids is 3. The zero-order valence-corrected chi connectivity index (χ0v) is 33.8. The molecule has 0 unspecified atom stereocenters. The second-order valence-corrected chi connectivity index (χ2v) is 11.1. The predicted octanol–water partition coefficient (Wildman–Crippen LogP) is 1.52. The summed E-state index contributed by atoms with van der Waals surface area (Å²) in [5, 5.41) is 28.2. The van der Waals surface area contributed by atoms with Crippen LogP contribution in [0.3, 0.4) is 0 Å². The fourth-order valence-electron chi connectivity index (χ4n) is 4.51. The van der Waals surface area contributed by atoms with E-state index in [1.165, 1.54) is 4.90 Å². The van der Waals surface area contributed by atoms with E-state index in [2.05, 4.69) is 41.7 Å². The molecular weight excluding hydrogens is 742 g/mol. The van der Waals surface area contributed by atoms with Gasteiger partial charge >= 0.3 is 0 Å². The molecule has 0 spiro atoms. The number of benzene rings is 2. The summed E-state index contributed by atoms with van der Waals surface area (Å²) in [4.78, 5) is 36.9. The standard InChI is InChI=1S/C33H45N11O9.2C2H6/c1-26-36-38-40-43(26)28-3-7-30(8-4-28)52-21-19-48-15-17-50-23-32(46)34-11-13-42(25-45)14-12-35-33(47)24-51-18-16-49-20-22-53-31-9-5-29(6-10-31)44-27(2)37-39-41-44;2*1-2/h3-10,25H,11-24H2,1-2H3,(H,34,46)(H,35,47);2*1-2H3. The van der Waals surface area contributed by atoms with Crippen molar-refractivity contribution in [2.75, 3.05) is 92.2 Å². The molecule has 57 heavy (non-hydrogen) atoms. The third-order valence-electron chi connectivity index (χ3n) is 7.21. The van der Waals surface area contributed by atoms with Crippen molar-refractivity contribution in [3.05, 3.63) is 60.2 Å². The minimum Gasteiger partial charge on any atom is -0.491 e. The van der Waals surface area contributed by atoms with E-state index in [1.54, 1.807) is 9.36 Å². The van der Waals surface area contributed by atoms with Crippen molar-refractivity contribution in [1.29, 1.82) is 0 Å². The number of tetrazole rings is 2. The number of rotatable bonds is 27. The van der Waals surface area contributed by atoms with Crippen LogP contribution in [-0.4, -0.2) is 156 Å². The van der Waals surface area contributed by atoms with Gasteiger partial charge in [0.2, 0.25) is 18.2 Å². The molecule has 2 aromatic heterocycles. The third kappa shape index (κ3) is 19.2. The SMILES string of the molecule is CC.CC.Cc1nnnn1-c1ccc(OCCOCCOCC(=O)NCCN(C=O)CCNC(=O)COCCOCCOc2ccc(-n3nnnc3C)cc2)cc1. The fourth-order valence-corrected chi connectivity index (χ4v) is 4.51. The Morgan fingerprint density at radius 3 is 1.32 bits per heavy atom. The van der Waals surface area contributed by atoms with Gasteiger partial charge < -0.3 is 44.0 Å². The van der Waals surface area contributed by atoms with E-state index in [1.807, 2.05) is 90.1 Å². The molecule has 4 aromatic rings. The lowest BCUT2D eigenvalue weighted by Crippen LogP contribution is -2.40. The lowest BCUT2D eigenvalue weighted by atomic mass is 10.3. The number of aromatic nitrogens is 8. The van der Waals surface area contributed by atoms with Crippen molar-refractivity contribution in [2.24, 2.45) is 0 Å². The molecule has 0 saturated heterocycles. The van der Waals surface area contributed by atoms with E-state index < -0.39 is 0 Å². The number of nitrogens with one attached hydrogen (secondary N) is 2. The van der Waals surface area contributed by atoms with Gasteiger partial charge in [0, 0.05) is 26.2 Å². The van der Waals surface area contributed by atoms with Crippen LogP contribution in [0.4, 0.5) is 0 Å². The first-order chi connectivity index (χ1) is 27.9. The molecule has 4 rings (SSSR count). The largest absolute Gasteiger partial charge is 0.491 e. The molecule has 0 saturated carbocycles. The normalized spacial score (nSPS) is 10.4. The summed E-state index contributed by atoms with van der Waals surface area (Å²) < 4.78 is 36.2. The Balaban J connectivity index is 0.00000271.